The highest BCUT2D eigenvalue weighted by Crippen LogP contribution is 2.30. The molecule has 1 saturated carbocycles. The van der Waals surface area contributed by atoms with Crippen molar-refractivity contribution in [2.24, 2.45) is 0 Å². The minimum absolute atomic E-state index is 0.0115. The third-order valence-corrected chi connectivity index (χ3v) is 3.71. The predicted molar refractivity (Wildman–Crippen MR) is 72.8 cm³/mol. The number of nitrogens with zero attached hydrogens (tertiary/aromatic N) is 3. The Labute approximate surface area is 121 Å². The summed E-state index contributed by atoms with van der Waals surface area (Å²) >= 11 is 0. The molecule has 5 nitrogen and oxygen atoms in total. The lowest BCUT2D eigenvalue weighted by Gasteiger charge is -2.26. The summed E-state index contributed by atoms with van der Waals surface area (Å²) in [6.07, 6.45) is -3.64. The van der Waals surface area contributed by atoms with E-state index in [0.717, 1.165) is 18.5 Å². The highest BCUT2D eigenvalue weighted by molar-refractivity contribution is 5.46. The summed E-state index contributed by atoms with van der Waals surface area (Å²) in [7, 11) is 0. The Kier molecular flexibility index (Phi) is 4.48. The van der Waals surface area contributed by atoms with Crippen LogP contribution in [0.3, 0.4) is 0 Å². The van der Waals surface area contributed by atoms with Gasteiger partial charge in [-0.2, -0.15) is 18.3 Å². The summed E-state index contributed by atoms with van der Waals surface area (Å²) in [6, 6.07) is -0.0631. The number of hydrogen-bond donors (Lipinski definition) is 2. The molecule has 1 aliphatic rings. The maximum Gasteiger partial charge on any atom is 0.401 e. The Morgan fingerprint density at radius 1 is 1.43 bits per heavy atom. The number of nitrogens with two attached hydrogens (primary N) is 1. The molecule has 1 unspecified atom stereocenters. The van der Waals surface area contributed by atoms with Crippen LogP contribution in [0.1, 0.15) is 24.2 Å². The van der Waals surface area contributed by atoms with Crippen LogP contribution in [0.25, 0.3) is 0 Å². The van der Waals surface area contributed by atoms with Gasteiger partial charge in [0, 0.05) is 12.6 Å². The van der Waals surface area contributed by atoms with Crippen molar-refractivity contribution in [3.8, 4) is 0 Å². The molecule has 3 N–H and O–H groups in total. The van der Waals surface area contributed by atoms with Gasteiger partial charge >= 0.3 is 6.18 Å². The second kappa shape index (κ2) is 5.84. The molecule has 0 spiro atoms. The van der Waals surface area contributed by atoms with Crippen molar-refractivity contribution >= 4 is 5.69 Å². The second-order valence-electron chi connectivity index (χ2n) is 5.70. The third kappa shape index (κ3) is 4.34. The average molecular weight is 306 g/mol. The number of aromatic nitrogens is 2. The standard InChI is InChI=1S/C13H21F3N4O/c1-8-12(17)9(2)20(18-8)6-11(21)5-19(10-3-4-10)7-13(14,15)16/h10-11,21H,3-7,17H2,1-2H3. The molecule has 2 rings (SSSR count). The Bertz CT molecular complexity index is 496. The van der Waals surface area contributed by atoms with Gasteiger partial charge in [-0.05, 0) is 26.7 Å². The average Bonchev–Trinajstić information content (AvgIpc) is 3.14. The van der Waals surface area contributed by atoms with Crippen molar-refractivity contribution < 1.29 is 18.3 Å². The Hall–Kier alpha value is -1.28. The van der Waals surface area contributed by atoms with Crippen LogP contribution in [0, 0.1) is 13.8 Å². The first kappa shape index (κ1) is 16.1. The zero-order chi connectivity index (χ0) is 15.8. The number of aliphatic hydroxyl groups excluding tert-OH is 1. The predicted octanol–water partition coefficient (Wildman–Crippen LogP) is 1.47. The number of alkyl halides is 3. The maximum absolute atomic E-state index is 12.5. The molecule has 120 valence electrons. The molecular formula is C13H21F3N4O. The van der Waals surface area contributed by atoms with Crippen molar-refractivity contribution in [2.45, 2.75) is 51.6 Å². The van der Waals surface area contributed by atoms with Gasteiger partial charge in [-0.15, -0.1) is 0 Å². The first-order valence-electron chi connectivity index (χ1n) is 6.95. The quantitative estimate of drug-likeness (QED) is 0.835. The van der Waals surface area contributed by atoms with Gasteiger partial charge in [-0.1, -0.05) is 0 Å². The van der Waals surface area contributed by atoms with Crippen molar-refractivity contribution in [3.05, 3.63) is 11.4 Å². The molecule has 21 heavy (non-hydrogen) atoms. The Morgan fingerprint density at radius 3 is 2.48 bits per heavy atom. The summed E-state index contributed by atoms with van der Waals surface area (Å²) < 4.78 is 39.2. The van der Waals surface area contributed by atoms with Crippen LogP contribution in [-0.4, -0.2) is 51.2 Å². The molecule has 0 bridgehead atoms. The van der Waals surface area contributed by atoms with E-state index in [2.05, 4.69) is 5.10 Å². The molecule has 1 fully saturated rings. The molecule has 0 aliphatic heterocycles. The van der Waals surface area contributed by atoms with E-state index in [-0.39, 0.29) is 19.1 Å². The second-order valence-corrected chi connectivity index (χ2v) is 5.70. The largest absolute Gasteiger partial charge is 0.401 e. The van der Waals surface area contributed by atoms with Gasteiger partial charge in [0.05, 0.1) is 36.3 Å². The molecule has 1 aromatic heterocycles. The van der Waals surface area contributed by atoms with Crippen LogP contribution in [0.15, 0.2) is 0 Å². The zero-order valence-electron chi connectivity index (χ0n) is 12.2. The molecule has 0 saturated heterocycles. The zero-order valence-corrected chi connectivity index (χ0v) is 12.2. The van der Waals surface area contributed by atoms with Crippen molar-refractivity contribution in [3.63, 3.8) is 0 Å². The molecule has 0 amide bonds. The summed E-state index contributed by atoms with van der Waals surface area (Å²) in [6.45, 7) is 2.68. The first-order valence-corrected chi connectivity index (χ1v) is 6.95. The molecule has 1 aliphatic carbocycles. The normalized spacial score (nSPS) is 17.5. The van der Waals surface area contributed by atoms with Gasteiger partial charge in [0.1, 0.15) is 0 Å². The molecule has 1 heterocycles. The summed E-state index contributed by atoms with van der Waals surface area (Å²) in [5.41, 5.74) is 7.73. The lowest BCUT2D eigenvalue weighted by molar-refractivity contribution is -0.150. The SMILES string of the molecule is Cc1nn(CC(O)CN(CC(F)(F)F)C2CC2)c(C)c1N. The monoisotopic (exact) mass is 306 g/mol. The number of aryl methyl sites for hydroxylation is 1. The highest BCUT2D eigenvalue weighted by Gasteiger charge is 2.38. The van der Waals surface area contributed by atoms with E-state index in [0.29, 0.717) is 11.4 Å². The number of halogens is 3. The first-order chi connectivity index (χ1) is 9.67. The number of rotatable bonds is 6. The van der Waals surface area contributed by atoms with E-state index in [1.165, 1.54) is 4.90 Å². The molecule has 0 aromatic carbocycles. The fourth-order valence-corrected chi connectivity index (χ4v) is 2.43. The minimum Gasteiger partial charge on any atom is -0.396 e. The molecule has 1 aromatic rings. The van der Waals surface area contributed by atoms with E-state index in [1.54, 1.807) is 18.5 Å². The van der Waals surface area contributed by atoms with Gasteiger partial charge in [-0.25, -0.2) is 0 Å². The molecule has 1 atom stereocenters. The van der Waals surface area contributed by atoms with E-state index in [4.69, 9.17) is 5.73 Å². The van der Waals surface area contributed by atoms with Gasteiger partial charge in [0.15, 0.2) is 0 Å². The summed E-state index contributed by atoms with van der Waals surface area (Å²) in [4.78, 5) is 1.31. The molecule has 8 heteroatoms. The van der Waals surface area contributed by atoms with Gasteiger partial charge in [0.25, 0.3) is 0 Å². The van der Waals surface area contributed by atoms with E-state index < -0.39 is 18.8 Å². The van der Waals surface area contributed by atoms with E-state index in [9.17, 15) is 18.3 Å². The fourth-order valence-electron chi connectivity index (χ4n) is 2.43. The van der Waals surface area contributed by atoms with Gasteiger partial charge < -0.3 is 10.8 Å². The lowest BCUT2D eigenvalue weighted by atomic mass is 10.3. The van der Waals surface area contributed by atoms with Gasteiger partial charge in [0.2, 0.25) is 0 Å². The van der Waals surface area contributed by atoms with Crippen molar-refractivity contribution in [2.75, 3.05) is 18.8 Å². The number of aliphatic hydroxyl groups is 1. The number of anilines is 1. The summed E-state index contributed by atoms with van der Waals surface area (Å²) in [5, 5.41) is 14.2. The van der Waals surface area contributed by atoms with Crippen molar-refractivity contribution in [1.82, 2.24) is 14.7 Å². The fraction of sp³-hybridized carbons (Fsp3) is 0.769. The van der Waals surface area contributed by atoms with Crippen LogP contribution >= 0.6 is 0 Å². The van der Waals surface area contributed by atoms with E-state index >= 15 is 0 Å². The Balaban J connectivity index is 1.95. The minimum atomic E-state index is -4.25. The van der Waals surface area contributed by atoms with Crippen LogP contribution in [0.5, 0.6) is 0 Å². The van der Waals surface area contributed by atoms with Crippen LogP contribution in [0.4, 0.5) is 18.9 Å². The number of nitrogen functional groups attached to an aromatic ring is 1. The van der Waals surface area contributed by atoms with Crippen LogP contribution in [-0.2, 0) is 6.54 Å². The third-order valence-electron chi connectivity index (χ3n) is 3.71. The van der Waals surface area contributed by atoms with E-state index in [1.807, 2.05) is 0 Å². The summed E-state index contributed by atoms with van der Waals surface area (Å²) in [5.74, 6) is 0. The number of hydrogen-bond acceptors (Lipinski definition) is 4. The molecule has 0 radical (unpaired) electrons. The van der Waals surface area contributed by atoms with Crippen molar-refractivity contribution in [1.29, 1.82) is 0 Å². The van der Waals surface area contributed by atoms with Crippen LogP contribution < -0.4 is 5.73 Å². The van der Waals surface area contributed by atoms with Crippen LogP contribution in [0.2, 0.25) is 0 Å². The molecular weight excluding hydrogens is 285 g/mol. The lowest BCUT2D eigenvalue weighted by Crippen LogP contribution is -2.42. The Morgan fingerprint density at radius 2 is 2.05 bits per heavy atom. The highest BCUT2D eigenvalue weighted by atomic mass is 19.4. The maximum atomic E-state index is 12.5. The topological polar surface area (TPSA) is 67.3 Å². The smallest absolute Gasteiger partial charge is 0.396 e. The van der Waals surface area contributed by atoms with Gasteiger partial charge in [-0.3, -0.25) is 9.58 Å².